The van der Waals surface area contributed by atoms with Crippen LogP contribution in [0.3, 0.4) is 0 Å². The molecule has 32 heavy (non-hydrogen) atoms. The van der Waals surface area contributed by atoms with E-state index in [-0.39, 0.29) is 30.2 Å². The van der Waals surface area contributed by atoms with Gasteiger partial charge in [-0.05, 0) is 49.1 Å². The lowest BCUT2D eigenvalue weighted by Gasteiger charge is -2.21. The van der Waals surface area contributed by atoms with Crippen LogP contribution in [0.15, 0.2) is 34.2 Å². The highest BCUT2D eigenvalue weighted by Gasteiger charge is 2.19. The van der Waals surface area contributed by atoms with Crippen molar-refractivity contribution in [2.75, 3.05) is 17.2 Å². The maximum atomic E-state index is 13.3. The second kappa shape index (κ2) is 10.7. The molecular weight excluding hydrogens is 447 g/mol. The number of benzene rings is 1. The summed E-state index contributed by atoms with van der Waals surface area (Å²) in [6.45, 7) is 6.51. The number of fused-ring (bicyclic) bond motifs is 1. The van der Waals surface area contributed by atoms with E-state index in [0.717, 1.165) is 35.0 Å². The smallest absolute Gasteiger partial charge is 0.260 e. The number of nitrogens with zero attached hydrogens (tertiary/aromatic N) is 3. The number of carbonyl (C=O) groups is 1. The molecule has 168 valence electrons. The number of thiophene rings is 1. The first-order valence-electron chi connectivity index (χ1n) is 10.4. The Kier molecular flexibility index (Phi) is 8.04. The van der Waals surface area contributed by atoms with E-state index >= 15 is 0 Å². The molecule has 3 rings (SSSR count). The second-order valence-corrected chi connectivity index (χ2v) is 9.79. The fraction of sp³-hybridized carbons (Fsp3) is 0.391. The van der Waals surface area contributed by atoms with Crippen LogP contribution in [0.2, 0.25) is 0 Å². The fourth-order valence-electron chi connectivity index (χ4n) is 3.35. The van der Waals surface area contributed by atoms with Gasteiger partial charge in [0.2, 0.25) is 5.91 Å². The number of thioether (sulfide) groups is 1. The Morgan fingerprint density at radius 3 is 2.75 bits per heavy atom. The largest absolute Gasteiger partial charge is 0.311 e. The SMILES string of the molecule is CCC(C)Cc1c(C)sc2nc(SCC(=O)N(CCC#N)c3ccc(F)cc3)[nH]c(=O)c12. The van der Waals surface area contributed by atoms with Crippen molar-refractivity contribution in [2.45, 2.75) is 45.2 Å². The summed E-state index contributed by atoms with van der Waals surface area (Å²) in [5.41, 5.74) is 1.39. The number of halogens is 1. The highest BCUT2D eigenvalue weighted by atomic mass is 32.2. The van der Waals surface area contributed by atoms with Crippen LogP contribution in [0.25, 0.3) is 10.2 Å². The van der Waals surface area contributed by atoms with Crippen LogP contribution in [0.4, 0.5) is 10.1 Å². The third-order valence-corrected chi connectivity index (χ3v) is 7.21. The van der Waals surface area contributed by atoms with Gasteiger partial charge < -0.3 is 9.88 Å². The number of nitriles is 1. The van der Waals surface area contributed by atoms with Gasteiger partial charge in [0.1, 0.15) is 10.6 Å². The van der Waals surface area contributed by atoms with E-state index in [4.69, 9.17) is 5.26 Å². The Bertz CT molecular complexity index is 1200. The third-order valence-electron chi connectivity index (χ3n) is 5.31. The zero-order valence-corrected chi connectivity index (χ0v) is 19.9. The van der Waals surface area contributed by atoms with Gasteiger partial charge in [-0.1, -0.05) is 32.0 Å². The maximum Gasteiger partial charge on any atom is 0.260 e. The zero-order chi connectivity index (χ0) is 23.3. The lowest BCUT2D eigenvalue weighted by Crippen LogP contribution is -2.33. The van der Waals surface area contributed by atoms with Gasteiger partial charge in [0.25, 0.3) is 5.56 Å². The van der Waals surface area contributed by atoms with Crippen molar-refractivity contribution in [3.8, 4) is 6.07 Å². The summed E-state index contributed by atoms with van der Waals surface area (Å²) in [6, 6.07) is 7.60. The van der Waals surface area contributed by atoms with E-state index in [1.165, 1.54) is 40.5 Å². The molecule has 6 nitrogen and oxygen atoms in total. The van der Waals surface area contributed by atoms with Crippen LogP contribution >= 0.6 is 23.1 Å². The van der Waals surface area contributed by atoms with Crippen molar-refractivity contribution in [2.24, 2.45) is 5.92 Å². The van der Waals surface area contributed by atoms with Gasteiger partial charge in [0, 0.05) is 17.1 Å². The van der Waals surface area contributed by atoms with E-state index in [9.17, 15) is 14.0 Å². The molecule has 9 heteroatoms. The molecule has 1 atom stereocenters. The van der Waals surface area contributed by atoms with Gasteiger partial charge in [-0.2, -0.15) is 5.26 Å². The minimum Gasteiger partial charge on any atom is -0.311 e. The van der Waals surface area contributed by atoms with Gasteiger partial charge in [0.15, 0.2) is 5.16 Å². The molecule has 2 heterocycles. The number of H-pyrrole nitrogens is 1. The van der Waals surface area contributed by atoms with E-state index in [1.54, 1.807) is 0 Å². The molecule has 2 aromatic heterocycles. The molecule has 1 N–H and O–H groups in total. The first-order valence-corrected chi connectivity index (χ1v) is 12.2. The van der Waals surface area contributed by atoms with Gasteiger partial charge in [0.05, 0.1) is 23.6 Å². The summed E-state index contributed by atoms with van der Waals surface area (Å²) in [6.07, 6.45) is 2.03. The predicted molar refractivity (Wildman–Crippen MR) is 128 cm³/mol. The minimum atomic E-state index is -0.398. The number of hydrogen-bond donors (Lipinski definition) is 1. The molecule has 1 aromatic carbocycles. The molecule has 0 spiro atoms. The van der Waals surface area contributed by atoms with Crippen LogP contribution in [0.1, 0.15) is 37.1 Å². The van der Waals surface area contributed by atoms with E-state index in [1.807, 2.05) is 13.0 Å². The summed E-state index contributed by atoms with van der Waals surface area (Å²) in [5.74, 6) is -0.144. The van der Waals surface area contributed by atoms with Gasteiger partial charge in [-0.3, -0.25) is 9.59 Å². The standard InChI is InChI=1S/C23H25FN4O2S2/c1-4-14(2)12-18-15(3)32-22-20(18)21(30)26-23(27-22)31-13-19(29)28(11-5-10-25)17-8-6-16(24)7-9-17/h6-9,14H,4-5,11-13H2,1-3H3,(H,26,27,30). The molecule has 0 bridgehead atoms. The number of aromatic amines is 1. The zero-order valence-electron chi connectivity index (χ0n) is 18.3. The number of anilines is 1. The van der Waals surface area contributed by atoms with E-state index in [2.05, 4.69) is 23.8 Å². The predicted octanol–water partition coefficient (Wildman–Crippen LogP) is 5.06. The molecule has 0 saturated heterocycles. The van der Waals surface area contributed by atoms with Crippen LogP contribution in [-0.4, -0.2) is 28.2 Å². The van der Waals surface area contributed by atoms with Crippen LogP contribution in [0.5, 0.6) is 0 Å². The highest BCUT2D eigenvalue weighted by molar-refractivity contribution is 7.99. The number of aryl methyl sites for hydroxylation is 1. The molecule has 0 saturated carbocycles. The topological polar surface area (TPSA) is 89.8 Å². The van der Waals surface area contributed by atoms with Crippen LogP contribution in [-0.2, 0) is 11.2 Å². The number of nitrogens with one attached hydrogen (secondary N) is 1. The van der Waals surface area contributed by atoms with Crippen molar-refractivity contribution >= 4 is 44.9 Å². The van der Waals surface area contributed by atoms with Crippen molar-refractivity contribution < 1.29 is 9.18 Å². The average Bonchev–Trinajstić information content (AvgIpc) is 3.08. The minimum absolute atomic E-state index is 0.0291. The van der Waals surface area contributed by atoms with E-state index < -0.39 is 5.82 Å². The Labute approximate surface area is 194 Å². The van der Waals surface area contributed by atoms with Crippen molar-refractivity contribution in [3.63, 3.8) is 0 Å². The Morgan fingerprint density at radius 1 is 1.38 bits per heavy atom. The summed E-state index contributed by atoms with van der Waals surface area (Å²) in [5, 5.41) is 9.94. The molecule has 0 aliphatic rings. The summed E-state index contributed by atoms with van der Waals surface area (Å²) in [4.78, 5) is 36.3. The Hall–Kier alpha value is -2.70. The summed E-state index contributed by atoms with van der Waals surface area (Å²) < 4.78 is 13.3. The van der Waals surface area contributed by atoms with Crippen molar-refractivity contribution in [1.82, 2.24) is 9.97 Å². The number of amides is 1. The average molecular weight is 473 g/mol. The summed E-state index contributed by atoms with van der Waals surface area (Å²) >= 11 is 2.64. The first-order chi connectivity index (χ1) is 15.3. The molecule has 0 fully saturated rings. The van der Waals surface area contributed by atoms with Crippen molar-refractivity contribution in [1.29, 1.82) is 5.26 Å². The Morgan fingerprint density at radius 2 is 2.09 bits per heavy atom. The Balaban J connectivity index is 1.79. The molecule has 0 aliphatic heterocycles. The lowest BCUT2D eigenvalue weighted by molar-refractivity contribution is -0.116. The molecular formula is C23H25FN4O2S2. The number of hydrogen-bond acceptors (Lipinski definition) is 6. The van der Waals surface area contributed by atoms with Gasteiger partial charge in [-0.15, -0.1) is 11.3 Å². The normalized spacial score (nSPS) is 12.0. The van der Waals surface area contributed by atoms with Crippen LogP contribution in [0, 0.1) is 30.0 Å². The molecule has 0 aliphatic carbocycles. The maximum absolute atomic E-state index is 13.3. The molecule has 0 radical (unpaired) electrons. The monoisotopic (exact) mass is 472 g/mol. The second-order valence-electron chi connectivity index (χ2n) is 7.62. The first kappa shape index (κ1) is 24.0. The molecule has 1 amide bonds. The van der Waals surface area contributed by atoms with Gasteiger partial charge in [-0.25, -0.2) is 9.37 Å². The molecule has 3 aromatic rings. The number of carbonyl (C=O) groups excluding carboxylic acids is 1. The summed E-state index contributed by atoms with van der Waals surface area (Å²) in [7, 11) is 0. The highest BCUT2D eigenvalue weighted by Crippen LogP contribution is 2.30. The van der Waals surface area contributed by atoms with Crippen molar-refractivity contribution in [3.05, 3.63) is 50.9 Å². The quantitative estimate of drug-likeness (QED) is 0.347. The fourth-order valence-corrected chi connectivity index (χ4v) is 5.20. The number of aromatic nitrogens is 2. The van der Waals surface area contributed by atoms with Gasteiger partial charge >= 0.3 is 0 Å². The van der Waals surface area contributed by atoms with Crippen LogP contribution < -0.4 is 10.5 Å². The number of rotatable bonds is 9. The molecule has 1 unspecified atom stereocenters. The lowest BCUT2D eigenvalue weighted by atomic mass is 9.98. The van der Waals surface area contributed by atoms with E-state index in [0.29, 0.717) is 27.0 Å². The third kappa shape index (κ3) is 5.56.